The minimum Gasteiger partial charge on any atom is -0.493 e. The molecular weight excluding hydrogens is 384 g/mol. The normalized spacial score (nSPS) is 16.5. The molecule has 0 aliphatic carbocycles. The number of thioether (sulfide) groups is 1. The molecule has 1 aliphatic heterocycles. The van der Waals surface area contributed by atoms with Crippen molar-refractivity contribution in [1.29, 1.82) is 0 Å². The fourth-order valence-corrected chi connectivity index (χ4v) is 3.95. The summed E-state index contributed by atoms with van der Waals surface area (Å²) >= 11 is 1.36. The number of allylic oxidation sites excluding steroid dienone is 1. The first-order valence-corrected chi connectivity index (χ1v) is 10.0. The predicted molar refractivity (Wildman–Crippen MR) is 119 cm³/mol. The van der Waals surface area contributed by atoms with Crippen LogP contribution < -0.4 is 9.47 Å². The standard InChI is InChI=1S/C23H24N2O3S/c1-5-9-18-12-17(14-20-22(26)25(3)23(24-2)29-20)13-19(27-4)21(18)28-15-16-10-7-6-8-11-16/h5-8,10-14H,1,9,15H2,2-4H3/b20-14+,24-23?. The van der Waals surface area contributed by atoms with Gasteiger partial charge in [0.25, 0.3) is 5.91 Å². The number of hydrogen-bond acceptors (Lipinski definition) is 5. The van der Waals surface area contributed by atoms with Crippen molar-refractivity contribution in [3.8, 4) is 11.5 Å². The Morgan fingerprint density at radius 2 is 2.00 bits per heavy atom. The van der Waals surface area contributed by atoms with Crippen molar-refractivity contribution in [2.24, 2.45) is 4.99 Å². The minimum atomic E-state index is -0.0655. The Hall–Kier alpha value is -2.99. The zero-order valence-electron chi connectivity index (χ0n) is 16.8. The number of ether oxygens (including phenoxy) is 2. The second-order valence-electron chi connectivity index (χ2n) is 6.46. The highest BCUT2D eigenvalue weighted by atomic mass is 32.2. The van der Waals surface area contributed by atoms with E-state index in [1.807, 2.05) is 54.6 Å². The minimum absolute atomic E-state index is 0.0655. The van der Waals surface area contributed by atoms with Gasteiger partial charge in [-0.1, -0.05) is 36.4 Å². The van der Waals surface area contributed by atoms with E-state index in [1.165, 1.54) is 11.8 Å². The molecule has 1 fully saturated rings. The van der Waals surface area contributed by atoms with Crippen molar-refractivity contribution in [1.82, 2.24) is 4.90 Å². The van der Waals surface area contributed by atoms with Crippen LogP contribution in [0.15, 0.2) is 65.0 Å². The van der Waals surface area contributed by atoms with E-state index >= 15 is 0 Å². The van der Waals surface area contributed by atoms with Crippen molar-refractivity contribution in [3.63, 3.8) is 0 Å². The van der Waals surface area contributed by atoms with E-state index in [-0.39, 0.29) is 5.91 Å². The third-order valence-corrected chi connectivity index (χ3v) is 5.61. The third-order valence-electron chi connectivity index (χ3n) is 4.46. The van der Waals surface area contributed by atoms with Gasteiger partial charge in [-0.3, -0.25) is 14.7 Å². The number of methoxy groups -OCH3 is 1. The summed E-state index contributed by atoms with van der Waals surface area (Å²) in [5, 5.41) is 0.683. The molecule has 0 aromatic heterocycles. The third kappa shape index (κ3) is 4.71. The van der Waals surface area contributed by atoms with Crippen molar-refractivity contribution in [2.75, 3.05) is 21.2 Å². The summed E-state index contributed by atoms with van der Waals surface area (Å²) in [6.07, 6.45) is 4.31. The van der Waals surface area contributed by atoms with Gasteiger partial charge in [0.2, 0.25) is 0 Å². The van der Waals surface area contributed by atoms with Gasteiger partial charge in [-0.25, -0.2) is 0 Å². The maximum atomic E-state index is 12.5. The van der Waals surface area contributed by atoms with E-state index in [0.717, 1.165) is 16.7 Å². The first kappa shape index (κ1) is 20.7. The van der Waals surface area contributed by atoms with Crippen LogP contribution in [0.1, 0.15) is 16.7 Å². The number of carbonyl (C=O) groups is 1. The summed E-state index contributed by atoms with van der Waals surface area (Å²) in [5.41, 5.74) is 2.90. The lowest BCUT2D eigenvalue weighted by atomic mass is 10.0. The Balaban J connectivity index is 1.94. The maximum Gasteiger partial charge on any atom is 0.266 e. The van der Waals surface area contributed by atoms with E-state index in [4.69, 9.17) is 9.47 Å². The molecule has 1 saturated heterocycles. The summed E-state index contributed by atoms with van der Waals surface area (Å²) in [7, 11) is 5.02. The molecule has 1 amide bonds. The van der Waals surface area contributed by atoms with Crippen molar-refractivity contribution < 1.29 is 14.3 Å². The van der Waals surface area contributed by atoms with E-state index in [9.17, 15) is 4.79 Å². The number of nitrogens with zero attached hydrogens (tertiary/aromatic N) is 2. The van der Waals surface area contributed by atoms with Crippen LogP contribution >= 0.6 is 11.8 Å². The van der Waals surface area contributed by atoms with Crippen molar-refractivity contribution in [3.05, 3.63) is 76.7 Å². The number of hydrogen-bond donors (Lipinski definition) is 0. The average Bonchev–Trinajstić information content (AvgIpc) is 3.01. The summed E-state index contributed by atoms with van der Waals surface area (Å²) in [6, 6.07) is 13.9. The molecule has 1 aliphatic rings. The number of benzene rings is 2. The molecule has 29 heavy (non-hydrogen) atoms. The van der Waals surface area contributed by atoms with Gasteiger partial charge >= 0.3 is 0 Å². The lowest BCUT2D eigenvalue weighted by molar-refractivity contribution is -0.121. The zero-order chi connectivity index (χ0) is 20.8. The molecule has 0 N–H and O–H groups in total. The van der Waals surface area contributed by atoms with Crippen molar-refractivity contribution >= 4 is 28.9 Å². The van der Waals surface area contributed by atoms with Crippen LogP contribution in [0.2, 0.25) is 0 Å². The highest BCUT2D eigenvalue weighted by Gasteiger charge is 2.29. The van der Waals surface area contributed by atoms with Crippen LogP contribution in [0.25, 0.3) is 6.08 Å². The molecule has 6 heteroatoms. The largest absolute Gasteiger partial charge is 0.493 e. The van der Waals surface area contributed by atoms with Gasteiger partial charge in [0, 0.05) is 19.7 Å². The molecule has 5 nitrogen and oxygen atoms in total. The molecule has 0 saturated carbocycles. The number of amidine groups is 1. The Kier molecular flexibility index (Phi) is 6.77. The topological polar surface area (TPSA) is 51.1 Å². The maximum absolute atomic E-state index is 12.5. The van der Waals surface area contributed by atoms with Crippen LogP contribution in [0.5, 0.6) is 11.5 Å². The van der Waals surface area contributed by atoms with Gasteiger partial charge in [-0.15, -0.1) is 6.58 Å². The van der Waals surface area contributed by atoms with Gasteiger partial charge in [0.1, 0.15) is 6.61 Å². The predicted octanol–water partition coefficient (Wildman–Crippen LogP) is 4.53. The van der Waals surface area contributed by atoms with E-state index < -0.39 is 0 Å². The van der Waals surface area contributed by atoms with Gasteiger partial charge in [0.05, 0.1) is 12.0 Å². The number of carbonyl (C=O) groups excluding carboxylic acids is 1. The Bertz CT molecular complexity index is 968. The molecule has 0 bridgehead atoms. The molecule has 0 unspecified atom stereocenters. The van der Waals surface area contributed by atoms with Gasteiger partial charge in [-0.2, -0.15) is 0 Å². The fourth-order valence-electron chi connectivity index (χ4n) is 3.02. The van der Waals surface area contributed by atoms with Crippen LogP contribution in [-0.4, -0.2) is 37.2 Å². The zero-order valence-corrected chi connectivity index (χ0v) is 17.7. The summed E-state index contributed by atoms with van der Waals surface area (Å²) in [5.74, 6) is 1.25. The highest BCUT2D eigenvalue weighted by molar-refractivity contribution is 8.18. The van der Waals surface area contributed by atoms with E-state index in [0.29, 0.717) is 34.6 Å². The first-order chi connectivity index (χ1) is 14.1. The summed E-state index contributed by atoms with van der Waals surface area (Å²) in [4.78, 5) is 18.8. The van der Waals surface area contributed by atoms with Gasteiger partial charge in [-0.05, 0) is 47.5 Å². The van der Waals surface area contributed by atoms with Crippen LogP contribution in [0.3, 0.4) is 0 Å². The number of aliphatic imine (C=N–C) groups is 1. The smallest absolute Gasteiger partial charge is 0.266 e. The molecule has 0 spiro atoms. The molecule has 3 rings (SSSR count). The van der Waals surface area contributed by atoms with E-state index in [1.54, 1.807) is 26.1 Å². The van der Waals surface area contributed by atoms with Crippen LogP contribution in [0.4, 0.5) is 0 Å². The molecule has 0 radical (unpaired) electrons. The van der Waals surface area contributed by atoms with Gasteiger partial charge < -0.3 is 9.47 Å². The quantitative estimate of drug-likeness (QED) is 0.499. The average molecular weight is 409 g/mol. The second kappa shape index (κ2) is 9.47. The molecule has 1 heterocycles. The molecule has 2 aromatic rings. The fraction of sp³-hybridized carbons (Fsp3) is 0.217. The number of amides is 1. The Morgan fingerprint density at radius 3 is 2.62 bits per heavy atom. The van der Waals surface area contributed by atoms with Crippen molar-refractivity contribution in [2.45, 2.75) is 13.0 Å². The van der Waals surface area contributed by atoms with Gasteiger partial charge in [0.15, 0.2) is 16.7 Å². The monoisotopic (exact) mass is 408 g/mol. The lowest BCUT2D eigenvalue weighted by Crippen LogP contribution is -2.23. The van der Waals surface area contributed by atoms with Crippen LogP contribution in [0, 0.1) is 0 Å². The Morgan fingerprint density at radius 1 is 1.24 bits per heavy atom. The SMILES string of the molecule is C=CCc1cc(/C=C2/SC(=NC)N(C)C2=O)cc(OC)c1OCc1ccccc1. The molecule has 150 valence electrons. The highest BCUT2D eigenvalue weighted by Crippen LogP contribution is 2.37. The molecule has 2 aromatic carbocycles. The van der Waals surface area contributed by atoms with E-state index in [2.05, 4.69) is 11.6 Å². The lowest BCUT2D eigenvalue weighted by Gasteiger charge is -2.16. The van der Waals surface area contributed by atoms with Crippen LogP contribution in [-0.2, 0) is 17.8 Å². The molecule has 0 atom stereocenters. The summed E-state index contributed by atoms with van der Waals surface area (Å²) < 4.78 is 11.7. The number of likely N-dealkylation sites (N-methyl/N-ethyl adjacent to an activating group) is 1. The summed E-state index contributed by atoms with van der Waals surface area (Å²) in [6.45, 7) is 4.30. The molecular formula is C23H24N2O3S. The first-order valence-electron chi connectivity index (χ1n) is 9.20. The number of rotatable bonds is 7. The Labute approximate surface area is 175 Å². The second-order valence-corrected chi connectivity index (χ2v) is 7.47.